The molecule has 0 spiro atoms. The van der Waals surface area contributed by atoms with Crippen LogP contribution in [0.4, 0.5) is 0 Å². The second-order valence-corrected chi connectivity index (χ2v) is 11.3. The Morgan fingerprint density at radius 3 is 1.68 bits per heavy atom. The van der Waals surface area contributed by atoms with Gasteiger partial charge >= 0.3 is 0 Å². The van der Waals surface area contributed by atoms with Gasteiger partial charge in [0.1, 0.15) is 0 Å². The topological polar surface area (TPSA) is 9.23 Å². The van der Waals surface area contributed by atoms with Gasteiger partial charge in [-0.05, 0) is 32.5 Å². The Morgan fingerprint density at radius 1 is 0.680 bits per heavy atom. The van der Waals surface area contributed by atoms with Crippen LogP contribution in [0.25, 0.3) is 11.1 Å². The van der Waals surface area contributed by atoms with Crippen molar-refractivity contribution in [1.82, 2.24) is 0 Å². The number of rotatable bonds is 3. The lowest BCUT2D eigenvalue weighted by atomic mass is 10.1. The zero-order chi connectivity index (χ0) is 17.4. The molecule has 0 N–H and O–H groups in total. The van der Waals surface area contributed by atoms with E-state index in [0.717, 1.165) is 0 Å². The molecule has 25 heavy (non-hydrogen) atoms. The Hall–Kier alpha value is -2.16. The SMILES string of the molecule is CC(C)(C)[Si@H](OC1c2ccccc2-c2ccccc21)c1ccccc1. The van der Waals surface area contributed by atoms with Crippen molar-refractivity contribution in [3.8, 4) is 11.1 Å². The van der Waals surface area contributed by atoms with Crippen LogP contribution in [0.2, 0.25) is 5.04 Å². The molecule has 0 saturated carbocycles. The molecule has 0 saturated heterocycles. The van der Waals surface area contributed by atoms with Gasteiger partial charge < -0.3 is 4.43 Å². The summed E-state index contributed by atoms with van der Waals surface area (Å²) in [6.07, 6.45) is 0.0449. The fraction of sp³-hybridized carbons (Fsp3) is 0.217. The van der Waals surface area contributed by atoms with E-state index in [2.05, 4.69) is 99.6 Å². The van der Waals surface area contributed by atoms with Crippen molar-refractivity contribution < 1.29 is 4.43 Å². The van der Waals surface area contributed by atoms with Gasteiger partial charge in [-0.3, -0.25) is 0 Å². The van der Waals surface area contributed by atoms with Crippen LogP contribution in [0.15, 0.2) is 78.9 Å². The highest BCUT2D eigenvalue weighted by Crippen LogP contribution is 2.46. The molecule has 3 aromatic rings. The predicted molar refractivity (Wildman–Crippen MR) is 108 cm³/mol. The summed E-state index contributed by atoms with van der Waals surface area (Å²) in [7, 11) is -1.65. The maximum atomic E-state index is 6.95. The third kappa shape index (κ3) is 2.96. The molecule has 1 aliphatic rings. The van der Waals surface area contributed by atoms with Crippen LogP contribution in [0.3, 0.4) is 0 Å². The largest absolute Gasteiger partial charge is 0.404 e. The van der Waals surface area contributed by atoms with E-state index in [0.29, 0.717) is 0 Å². The van der Waals surface area contributed by atoms with Crippen molar-refractivity contribution in [3.63, 3.8) is 0 Å². The van der Waals surface area contributed by atoms with Crippen LogP contribution < -0.4 is 5.19 Å². The van der Waals surface area contributed by atoms with E-state index in [1.165, 1.54) is 27.4 Å². The first-order chi connectivity index (χ1) is 12.1. The Bertz CT molecular complexity index is 834. The molecule has 1 nitrogen and oxygen atoms in total. The summed E-state index contributed by atoms with van der Waals surface area (Å²) < 4.78 is 6.95. The smallest absolute Gasteiger partial charge is 0.214 e. The Labute approximate surface area is 152 Å². The monoisotopic (exact) mass is 344 g/mol. The summed E-state index contributed by atoms with van der Waals surface area (Å²) in [6.45, 7) is 6.93. The molecule has 2 heteroatoms. The highest BCUT2D eigenvalue weighted by Gasteiger charge is 2.36. The Balaban J connectivity index is 1.79. The number of benzene rings is 3. The predicted octanol–water partition coefficient (Wildman–Crippen LogP) is 5.20. The molecule has 0 heterocycles. The fourth-order valence-corrected chi connectivity index (χ4v) is 6.51. The highest BCUT2D eigenvalue weighted by molar-refractivity contribution is 6.70. The van der Waals surface area contributed by atoms with Gasteiger partial charge in [-0.25, -0.2) is 0 Å². The molecule has 0 unspecified atom stereocenters. The van der Waals surface area contributed by atoms with Crippen LogP contribution >= 0.6 is 0 Å². The van der Waals surface area contributed by atoms with Crippen LogP contribution in [0.1, 0.15) is 38.0 Å². The summed E-state index contributed by atoms with van der Waals surface area (Å²) in [6, 6.07) is 28.2. The van der Waals surface area contributed by atoms with Crippen LogP contribution in [-0.2, 0) is 4.43 Å². The molecule has 3 aromatic carbocycles. The fourth-order valence-electron chi connectivity index (χ4n) is 3.80. The van der Waals surface area contributed by atoms with E-state index >= 15 is 0 Å². The summed E-state index contributed by atoms with van der Waals surface area (Å²) >= 11 is 0. The minimum absolute atomic E-state index is 0.0449. The first-order valence-electron chi connectivity index (χ1n) is 8.94. The molecule has 0 radical (unpaired) electrons. The van der Waals surface area contributed by atoms with Crippen molar-refractivity contribution in [1.29, 1.82) is 0 Å². The average molecular weight is 345 g/mol. The van der Waals surface area contributed by atoms with Gasteiger partial charge in [0.25, 0.3) is 0 Å². The maximum absolute atomic E-state index is 6.95. The molecular weight excluding hydrogens is 320 g/mol. The summed E-state index contributed by atoms with van der Waals surface area (Å²) in [5, 5.41) is 1.52. The third-order valence-corrected chi connectivity index (χ3v) is 8.05. The van der Waals surface area contributed by atoms with Gasteiger partial charge in [0.05, 0.1) is 6.10 Å². The Kier molecular flexibility index (Phi) is 4.10. The van der Waals surface area contributed by atoms with Gasteiger partial charge in [-0.1, -0.05) is 99.6 Å². The van der Waals surface area contributed by atoms with E-state index < -0.39 is 9.04 Å². The Morgan fingerprint density at radius 2 is 1.16 bits per heavy atom. The van der Waals surface area contributed by atoms with Crippen LogP contribution in [-0.4, -0.2) is 9.04 Å². The van der Waals surface area contributed by atoms with Crippen molar-refractivity contribution in [3.05, 3.63) is 90.0 Å². The lowest BCUT2D eigenvalue weighted by molar-refractivity contribution is 0.245. The van der Waals surface area contributed by atoms with E-state index in [1.807, 2.05) is 0 Å². The molecule has 0 amide bonds. The van der Waals surface area contributed by atoms with E-state index in [4.69, 9.17) is 4.43 Å². The quantitative estimate of drug-likeness (QED) is 0.593. The maximum Gasteiger partial charge on any atom is 0.214 e. The molecule has 126 valence electrons. The molecular formula is C23H24OSi. The first-order valence-corrected chi connectivity index (χ1v) is 10.6. The summed E-state index contributed by atoms with van der Waals surface area (Å²) in [5.41, 5.74) is 5.25. The molecule has 4 rings (SSSR count). The van der Waals surface area contributed by atoms with E-state index in [-0.39, 0.29) is 11.1 Å². The molecule has 0 aliphatic heterocycles. The van der Waals surface area contributed by atoms with Crippen LogP contribution in [0.5, 0.6) is 0 Å². The summed E-state index contributed by atoms with van der Waals surface area (Å²) in [5.74, 6) is 0. The van der Waals surface area contributed by atoms with Gasteiger partial charge in [-0.15, -0.1) is 0 Å². The van der Waals surface area contributed by atoms with Gasteiger partial charge in [0, 0.05) is 0 Å². The number of hydrogen-bond donors (Lipinski definition) is 0. The average Bonchev–Trinajstić information content (AvgIpc) is 2.93. The van der Waals surface area contributed by atoms with Crippen molar-refractivity contribution >= 4 is 14.2 Å². The molecule has 1 atom stereocenters. The van der Waals surface area contributed by atoms with Crippen molar-refractivity contribution in [2.75, 3.05) is 0 Å². The highest BCUT2D eigenvalue weighted by atomic mass is 28.3. The van der Waals surface area contributed by atoms with Crippen molar-refractivity contribution in [2.45, 2.75) is 31.9 Å². The molecule has 1 aliphatic carbocycles. The second kappa shape index (κ2) is 6.29. The molecule has 0 bridgehead atoms. The second-order valence-electron chi connectivity index (χ2n) is 7.85. The molecule has 0 fully saturated rings. The number of fused-ring (bicyclic) bond motifs is 3. The summed E-state index contributed by atoms with van der Waals surface area (Å²) in [4.78, 5) is 0. The minimum atomic E-state index is -1.65. The number of hydrogen-bond acceptors (Lipinski definition) is 1. The lowest BCUT2D eigenvalue weighted by Gasteiger charge is -2.32. The third-order valence-electron chi connectivity index (χ3n) is 4.94. The molecule has 0 aromatic heterocycles. The zero-order valence-corrected chi connectivity index (χ0v) is 16.2. The normalized spacial score (nSPS) is 14.8. The lowest BCUT2D eigenvalue weighted by Crippen LogP contribution is -2.42. The van der Waals surface area contributed by atoms with E-state index in [9.17, 15) is 0 Å². The van der Waals surface area contributed by atoms with Gasteiger partial charge in [-0.2, -0.15) is 0 Å². The van der Waals surface area contributed by atoms with Gasteiger partial charge in [0.15, 0.2) is 0 Å². The van der Waals surface area contributed by atoms with E-state index in [1.54, 1.807) is 0 Å². The van der Waals surface area contributed by atoms with Crippen molar-refractivity contribution in [2.24, 2.45) is 0 Å². The standard InChI is InChI=1S/C23H24OSi/c1-23(2,3)25(17-11-5-4-6-12-17)24-22-20-15-9-7-13-18(20)19-14-8-10-16-21(19)22/h4-16,22,25H,1-3H3/t25-/m1/s1. The minimum Gasteiger partial charge on any atom is -0.404 e. The zero-order valence-electron chi connectivity index (χ0n) is 15.1. The van der Waals surface area contributed by atoms with Crippen LogP contribution in [0, 0.1) is 0 Å². The van der Waals surface area contributed by atoms with Gasteiger partial charge in [0.2, 0.25) is 9.04 Å². The first kappa shape index (κ1) is 16.3.